The first-order chi connectivity index (χ1) is 11.9. The molecule has 3 amide bonds. The minimum Gasteiger partial charge on any atom is -0.347 e. The number of hydrogen-bond acceptors (Lipinski definition) is 3. The van der Waals surface area contributed by atoms with Gasteiger partial charge in [0.1, 0.15) is 6.04 Å². The molecule has 2 aliphatic heterocycles. The van der Waals surface area contributed by atoms with Crippen LogP contribution in [0.3, 0.4) is 0 Å². The van der Waals surface area contributed by atoms with Crippen LogP contribution in [-0.2, 0) is 9.59 Å². The van der Waals surface area contributed by atoms with Gasteiger partial charge < -0.3 is 14.7 Å². The second-order valence-corrected chi connectivity index (χ2v) is 7.36. The lowest BCUT2D eigenvalue weighted by molar-refractivity contribution is -0.148. The van der Waals surface area contributed by atoms with Crippen molar-refractivity contribution in [3.63, 3.8) is 0 Å². The average Bonchev–Trinajstić information content (AvgIpc) is 2.59. The lowest BCUT2D eigenvalue weighted by Crippen LogP contribution is -2.61. The topological polar surface area (TPSA) is 60.9 Å². The van der Waals surface area contributed by atoms with Gasteiger partial charge in [-0.25, -0.2) is 0 Å². The standard InChI is InChI=1S/C18H22ClN3O3/c1-20(2)16(23)11-21-10-12-7-8-22(15(9-12)18(21)25)17(24)13-3-5-14(19)6-4-13/h3-6,12,15H,7-11H2,1-2H3/t12-,15+/m0/s1. The van der Waals surface area contributed by atoms with Crippen molar-refractivity contribution in [1.82, 2.24) is 14.7 Å². The van der Waals surface area contributed by atoms with Crippen LogP contribution >= 0.6 is 11.6 Å². The van der Waals surface area contributed by atoms with E-state index < -0.39 is 6.04 Å². The fourth-order valence-electron chi connectivity index (χ4n) is 3.50. The molecular weight excluding hydrogens is 342 g/mol. The number of carbonyl (C=O) groups excluding carboxylic acids is 3. The van der Waals surface area contributed by atoms with Crippen LogP contribution in [0, 0.1) is 5.92 Å². The van der Waals surface area contributed by atoms with Gasteiger partial charge in [0.15, 0.2) is 0 Å². The zero-order chi connectivity index (χ0) is 18.1. The number of fused-ring (bicyclic) bond motifs is 2. The minimum atomic E-state index is -0.481. The van der Waals surface area contributed by atoms with E-state index in [0.717, 1.165) is 6.42 Å². The van der Waals surface area contributed by atoms with Gasteiger partial charge in [-0.1, -0.05) is 11.6 Å². The van der Waals surface area contributed by atoms with Crippen molar-refractivity contribution in [2.24, 2.45) is 5.92 Å². The molecule has 0 N–H and O–H groups in total. The number of likely N-dealkylation sites (N-methyl/N-ethyl adjacent to an activating group) is 1. The predicted molar refractivity (Wildman–Crippen MR) is 94.3 cm³/mol. The number of piperidine rings is 2. The molecule has 3 rings (SSSR count). The van der Waals surface area contributed by atoms with E-state index in [1.165, 1.54) is 4.90 Å². The molecule has 0 saturated carbocycles. The zero-order valence-corrected chi connectivity index (χ0v) is 15.2. The molecule has 2 fully saturated rings. The summed E-state index contributed by atoms with van der Waals surface area (Å²) in [4.78, 5) is 42.4. The normalized spacial score (nSPS) is 22.8. The highest BCUT2D eigenvalue weighted by atomic mass is 35.5. The smallest absolute Gasteiger partial charge is 0.254 e. The first kappa shape index (κ1) is 17.7. The number of likely N-dealkylation sites (tertiary alicyclic amines) is 2. The Labute approximate surface area is 152 Å². The summed E-state index contributed by atoms with van der Waals surface area (Å²) in [6, 6.07) is 6.22. The second kappa shape index (κ2) is 7.04. The third kappa shape index (κ3) is 3.63. The van der Waals surface area contributed by atoms with E-state index in [1.807, 2.05) is 0 Å². The number of nitrogens with zero attached hydrogens (tertiary/aromatic N) is 3. The van der Waals surface area contributed by atoms with Crippen LogP contribution in [0.4, 0.5) is 0 Å². The molecule has 0 radical (unpaired) electrons. The van der Waals surface area contributed by atoms with Gasteiger partial charge in [-0.2, -0.15) is 0 Å². The van der Waals surface area contributed by atoms with Gasteiger partial charge in [0.05, 0.1) is 6.54 Å². The van der Waals surface area contributed by atoms with Gasteiger partial charge in [0.2, 0.25) is 11.8 Å². The van der Waals surface area contributed by atoms with E-state index in [1.54, 1.807) is 48.2 Å². The fourth-order valence-corrected chi connectivity index (χ4v) is 3.63. The molecule has 2 saturated heterocycles. The SMILES string of the molecule is CN(C)C(=O)CN1C[C@H]2CCN(C(=O)c3ccc(Cl)cc3)[C@H](C2)C1=O. The number of carbonyl (C=O) groups is 3. The Morgan fingerprint density at radius 3 is 2.56 bits per heavy atom. The quantitative estimate of drug-likeness (QED) is 0.817. The van der Waals surface area contributed by atoms with Gasteiger partial charge in [0.25, 0.3) is 5.91 Å². The molecule has 0 spiro atoms. The van der Waals surface area contributed by atoms with E-state index in [2.05, 4.69) is 0 Å². The van der Waals surface area contributed by atoms with Gasteiger partial charge in [-0.15, -0.1) is 0 Å². The number of benzene rings is 1. The zero-order valence-electron chi connectivity index (χ0n) is 14.4. The Bertz CT molecular complexity index is 689. The molecule has 2 heterocycles. The highest BCUT2D eigenvalue weighted by Gasteiger charge is 2.43. The lowest BCUT2D eigenvalue weighted by Gasteiger charge is -2.46. The number of rotatable bonds is 3. The van der Waals surface area contributed by atoms with Crippen molar-refractivity contribution in [1.29, 1.82) is 0 Å². The van der Waals surface area contributed by atoms with E-state index >= 15 is 0 Å². The first-order valence-electron chi connectivity index (χ1n) is 8.42. The minimum absolute atomic E-state index is 0.0712. The molecule has 0 unspecified atom stereocenters. The Hall–Kier alpha value is -2.08. The van der Waals surface area contributed by atoms with Gasteiger partial charge in [-0.3, -0.25) is 14.4 Å². The Kier molecular flexibility index (Phi) is 4.99. The van der Waals surface area contributed by atoms with E-state index in [0.29, 0.717) is 36.0 Å². The monoisotopic (exact) mass is 363 g/mol. The third-order valence-electron chi connectivity index (χ3n) is 4.96. The molecule has 1 aromatic carbocycles. The largest absolute Gasteiger partial charge is 0.347 e. The highest BCUT2D eigenvalue weighted by Crippen LogP contribution is 2.31. The van der Waals surface area contributed by atoms with Crippen LogP contribution in [0.15, 0.2) is 24.3 Å². The van der Waals surface area contributed by atoms with Crippen molar-refractivity contribution in [2.45, 2.75) is 18.9 Å². The maximum atomic E-state index is 12.8. The van der Waals surface area contributed by atoms with Crippen LogP contribution < -0.4 is 0 Å². The maximum absolute atomic E-state index is 12.8. The lowest BCUT2D eigenvalue weighted by atomic mass is 9.85. The molecular formula is C18H22ClN3O3. The molecule has 2 bridgehead atoms. The second-order valence-electron chi connectivity index (χ2n) is 6.92. The van der Waals surface area contributed by atoms with Crippen molar-refractivity contribution >= 4 is 29.3 Å². The van der Waals surface area contributed by atoms with Gasteiger partial charge in [-0.05, 0) is 43.0 Å². The molecule has 0 aromatic heterocycles. The first-order valence-corrected chi connectivity index (χ1v) is 8.80. The summed E-state index contributed by atoms with van der Waals surface area (Å²) in [5, 5.41) is 0.567. The van der Waals surface area contributed by atoms with Gasteiger partial charge >= 0.3 is 0 Å². The molecule has 2 aliphatic rings. The molecule has 6 nitrogen and oxygen atoms in total. The van der Waals surface area contributed by atoms with Gasteiger partial charge in [0, 0.05) is 37.8 Å². The summed E-state index contributed by atoms with van der Waals surface area (Å²) in [7, 11) is 3.35. The Morgan fingerprint density at radius 2 is 1.92 bits per heavy atom. The van der Waals surface area contributed by atoms with Crippen LogP contribution in [0.2, 0.25) is 5.02 Å². The summed E-state index contributed by atoms with van der Waals surface area (Å²) < 4.78 is 0. The number of halogens is 1. The average molecular weight is 364 g/mol. The molecule has 25 heavy (non-hydrogen) atoms. The summed E-state index contributed by atoms with van der Waals surface area (Å²) in [6.07, 6.45) is 1.51. The maximum Gasteiger partial charge on any atom is 0.254 e. The molecule has 7 heteroatoms. The fraction of sp³-hybridized carbons (Fsp3) is 0.500. The summed E-state index contributed by atoms with van der Waals surface area (Å²) >= 11 is 5.88. The molecule has 134 valence electrons. The number of hydrogen-bond donors (Lipinski definition) is 0. The van der Waals surface area contributed by atoms with Crippen molar-refractivity contribution in [2.75, 3.05) is 33.7 Å². The summed E-state index contributed by atoms with van der Waals surface area (Å²) in [5.74, 6) is -0.0569. The van der Waals surface area contributed by atoms with Crippen LogP contribution in [0.1, 0.15) is 23.2 Å². The van der Waals surface area contributed by atoms with E-state index in [9.17, 15) is 14.4 Å². The van der Waals surface area contributed by atoms with E-state index in [-0.39, 0.29) is 24.3 Å². The van der Waals surface area contributed by atoms with Crippen molar-refractivity contribution in [3.05, 3.63) is 34.9 Å². The Balaban J connectivity index is 1.77. The van der Waals surface area contributed by atoms with Crippen LogP contribution in [0.25, 0.3) is 0 Å². The predicted octanol–water partition coefficient (Wildman–Crippen LogP) is 1.49. The number of amides is 3. The summed E-state index contributed by atoms with van der Waals surface area (Å²) in [6.45, 7) is 1.23. The molecule has 0 aliphatic carbocycles. The van der Waals surface area contributed by atoms with Crippen molar-refractivity contribution in [3.8, 4) is 0 Å². The van der Waals surface area contributed by atoms with Crippen LogP contribution in [0.5, 0.6) is 0 Å². The molecule has 1 aromatic rings. The molecule has 2 atom stereocenters. The Morgan fingerprint density at radius 1 is 1.24 bits per heavy atom. The summed E-state index contributed by atoms with van der Waals surface area (Å²) in [5.41, 5.74) is 0.525. The third-order valence-corrected chi connectivity index (χ3v) is 5.22. The van der Waals surface area contributed by atoms with E-state index in [4.69, 9.17) is 11.6 Å². The van der Waals surface area contributed by atoms with Crippen molar-refractivity contribution < 1.29 is 14.4 Å². The highest BCUT2D eigenvalue weighted by molar-refractivity contribution is 6.30. The van der Waals surface area contributed by atoms with Crippen LogP contribution in [-0.4, -0.2) is 72.2 Å².